The highest BCUT2D eigenvalue weighted by Crippen LogP contribution is 2.42. The quantitative estimate of drug-likeness (QED) is 0.168. The zero-order valence-electron chi connectivity index (χ0n) is 34.1. The zero-order chi connectivity index (χ0) is 41.4. The van der Waals surface area contributed by atoms with Gasteiger partial charge in [0.2, 0.25) is 5.95 Å². The molecule has 294 valence electrons. The van der Waals surface area contributed by atoms with E-state index < -0.39 is 0 Å². The summed E-state index contributed by atoms with van der Waals surface area (Å²) in [5.74, 6) is 0.645. The second kappa shape index (κ2) is 14.0. The Morgan fingerprint density at radius 3 is 1.40 bits per heavy atom. The van der Waals surface area contributed by atoms with Crippen molar-refractivity contribution in [2.45, 2.75) is 0 Å². The predicted molar refractivity (Wildman–Crippen MR) is 261 cm³/mol. The molecule has 0 saturated heterocycles. The smallest absolute Gasteiger partial charge is 0.235 e. The minimum Gasteiger partial charge on any atom is -0.309 e. The third-order valence-corrected chi connectivity index (χ3v) is 12.7. The van der Waals surface area contributed by atoms with E-state index in [1.807, 2.05) is 12.1 Å². The predicted octanol–water partition coefficient (Wildman–Crippen LogP) is 14.8. The lowest BCUT2D eigenvalue weighted by Crippen LogP contribution is -2.03. The van der Waals surface area contributed by atoms with Gasteiger partial charge in [0.05, 0.1) is 44.5 Å². The largest absolute Gasteiger partial charge is 0.309 e. The van der Waals surface area contributed by atoms with E-state index in [-0.39, 0.29) is 0 Å². The van der Waals surface area contributed by atoms with Crippen LogP contribution in [0.25, 0.3) is 116 Å². The van der Waals surface area contributed by atoms with Gasteiger partial charge in [0, 0.05) is 54.8 Å². The molecule has 0 spiro atoms. The van der Waals surface area contributed by atoms with Crippen LogP contribution in [0, 0.1) is 0 Å². The van der Waals surface area contributed by atoms with Gasteiger partial charge in [-0.3, -0.25) is 4.57 Å². The van der Waals surface area contributed by atoms with E-state index in [0.29, 0.717) is 5.95 Å². The second-order valence-corrected chi connectivity index (χ2v) is 16.2. The first-order chi connectivity index (χ1) is 31.3. The van der Waals surface area contributed by atoms with Crippen molar-refractivity contribution in [1.82, 2.24) is 23.7 Å². The van der Waals surface area contributed by atoms with Crippen molar-refractivity contribution in [3.8, 4) is 51.0 Å². The van der Waals surface area contributed by atoms with Crippen LogP contribution in [0.2, 0.25) is 0 Å². The van der Waals surface area contributed by atoms with Gasteiger partial charge in [-0.2, -0.15) is 0 Å². The SMILES string of the molecule is c1ccc(-c2cc(-c3ccccc3)nc(-n3c4ccccc4c4cc(-c5ccc(-n6c7ccccc7c7c6ccc6c8ccccc8n(-c8ccccc8)c67)cc5)ccc43)n2)cc1. The Morgan fingerprint density at radius 1 is 0.270 bits per heavy atom. The first-order valence-corrected chi connectivity index (χ1v) is 21.4. The Morgan fingerprint density at radius 2 is 0.746 bits per heavy atom. The molecule has 0 aliphatic carbocycles. The number of rotatable bonds is 6. The number of fused-ring (bicyclic) bond motifs is 10. The molecule has 0 aliphatic heterocycles. The molecule has 4 heterocycles. The molecule has 0 bridgehead atoms. The van der Waals surface area contributed by atoms with Crippen LogP contribution in [0.5, 0.6) is 0 Å². The number of aromatic nitrogens is 5. The molecule has 0 radical (unpaired) electrons. The molecule has 63 heavy (non-hydrogen) atoms. The normalized spacial score (nSPS) is 11.8. The summed E-state index contributed by atoms with van der Waals surface area (Å²) in [6, 6.07) is 80.2. The van der Waals surface area contributed by atoms with E-state index in [1.54, 1.807) is 0 Å². The fraction of sp³-hybridized carbons (Fsp3) is 0. The van der Waals surface area contributed by atoms with Crippen molar-refractivity contribution in [2.24, 2.45) is 0 Å². The van der Waals surface area contributed by atoms with Crippen LogP contribution >= 0.6 is 0 Å². The highest BCUT2D eigenvalue weighted by Gasteiger charge is 2.22. The molecule has 4 aromatic heterocycles. The standard InChI is InChI=1S/C58H37N5/c1-4-16-39(17-5-1)49-37-50(40-18-6-2-7-19-40)60-58(59-49)63-52-26-14-11-23-45(52)48-36-41(30-34-54(48)63)38-28-31-43(32-29-38)61-53-27-15-12-24-47(53)56-55(61)35-33-46-44-22-10-13-25-51(44)62(57(46)56)42-20-8-3-9-21-42/h1-37H. The number of para-hydroxylation sites is 4. The lowest BCUT2D eigenvalue weighted by molar-refractivity contribution is 0.995. The van der Waals surface area contributed by atoms with Crippen LogP contribution < -0.4 is 0 Å². The van der Waals surface area contributed by atoms with Crippen LogP contribution in [0.15, 0.2) is 224 Å². The average molecular weight is 804 g/mol. The van der Waals surface area contributed by atoms with Crippen LogP contribution in [-0.2, 0) is 0 Å². The van der Waals surface area contributed by atoms with Gasteiger partial charge in [-0.15, -0.1) is 0 Å². The molecule has 0 atom stereocenters. The molecule has 5 heteroatoms. The van der Waals surface area contributed by atoms with Crippen LogP contribution in [0.3, 0.4) is 0 Å². The Hall–Kier alpha value is -8.54. The third-order valence-electron chi connectivity index (χ3n) is 12.7. The molecule has 5 nitrogen and oxygen atoms in total. The van der Waals surface area contributed by atoms with Crippen LogP contribution in [-0.4, -0.2) is 23.7 Å². The number of hydrogen-bond donors (Lipinski definition) is 0. The fourth-order valence-electron chi connectivity index (χ4n) is 9.85. The maximum absolute atomic E-state index is 5.23. The van der Waals surface area contributed by atoms with Crippen molar-refractivity contribution >= 4 is 65.4 Å². The van der Waals surface area contributed by atoms with Crippen molar-refractivity contribution in [3.05, 3.63) is 224 Å². The van der Waals surface area contributed by atoms with Crippen molar-refractivity contribution in [2.75, 3.05) is 0 Å². The molecule has 13 rings (SSSR count). The summed E-state index contributed by atoms with van der Waals surface area (Å²) in [7, 11) is 0. The first-order valence-electron chi connectivity index (χ1n) is 21.4. The Kier molecular flexibility index (Phi) is 7.84. The Labute approximate surface area is 363 Å². The molecular formula is C58H37N5. The van der Waals surface area contributed by atoms with E-state index in [0.717, 1.165) is 66.8 Å². The molecule has 13 aromatic rings. The maximum atomic E-state index is 5.23. The summed E-state index contributed by atoms with van der Waals surface area (Å²) in [6.07, 6.45) is 0. The van der Waals surface area contributed by atoms with Crippen molar-refractivity contribution in [3.63, 3.8) is 0 Å². The zero-order valence-corrected chi connectivity index (χ0v) is 34.1. The minimum absolute atomic E-state index is 0.645. The molecule has 0 N–H and O–H groups in total. The highest BCUT2D eigenvalue weighted by molar-refractivity contribution is 6.26. The van der Waals surface area contributed by atoms with E-state index in [1.165, 1.54) is 43.6 Å². The second-order valence-electron chi connectivity index (χ2n) is 16.2. The highest BCUT2D eigenvalue weighted by atomic mass is 15.2. The molecular weight excluding hydrogens is 767 g/mol. The Bertz CT molecular complexity index is 3820. The third kappa shape index (κ3) is 5.50. The summed E-state index contributed by atoms with van der Waals surface area (Å²) in [6.45, 7) is 0. The number of benzene rings is 9. The first kappa shape index (κ1) is 35.2. The van der Waals surface area contributed by atoms with Gasteiger partial charge in [0.25, 0.3) is 0 Å². The summed E-state index contributed by atoms with van der Waals surface area (Å²) in [5, 5.41) is 7.31. The summed E-state index contributed by atoms with van der Waals surface area (Å²) in [4.78, 5) is 10.5. The molecule has 0 amide bonds. The summed E-state index contributed by atoms with van der Waals surface area (Å²) in [5.41, 5.74) is 15.4. The van der Waals surface area contributed by atoms with E-state index in [4.69, 9.17) is 9.97 Å². The molecule has 0 fully saturated rings. The average Bonchev–Trinajstić information content (AvgIpc) is 4.00. The van der Waals surface area contributed by atoms with E-state index in [2.05, 4.69) is 226 Å². The van der Waals surface area contributed by atoms with Gasteiger partial charge < -0.3 is 9.13 Å². The van der Waals surface area contributed by atoms with Crippen molar-refractivity contribution in [1.29, 1.82) is 0 Å². The maximum Gasteiger partial charge on any atom is 0.235 e. The van der Waals surface area contributed by atoms with Gasteiger partial charge in [-0.05, 0) is 77.9 Å². The fourth-order valence-corrected chi connectivity index (χ4v) is 9.85. The summed E-state index contributed by atoms with van der Waals surface area (Å²) >= 11 is 0. The lowest BCUT2D eigenvalue weighted by atomic mass is 10.0. The molecule has 0 aliphatic rings. The van der Waals surface area contributed by atoms with Crippen LogP contribution in [0.1, 0.15) is 0 Å². The number of nitrogens with zero attached hydrogens (tertiary/aromatic N) is 5. The van der Waals surface area contributed by atoms with Gasteiger partial charge in [-0.1, -0.05) is 158 Å². The monoisotopic (exact) mass is 803 g/mol. The number of hydrogen-bond acceptors (Lipinski definition) is 2. The van der Waals surface area contributed by atoms with E-state index >= 15 is 0 Å². The van der Waals surface area contributed by atoms with Gasteiger partial charge in [0.1, 0.15) is 0 Å². The molecule has 0 unspecified atom stereocenters. The lowest BCUT2D eigenvalue weighted by Gasteiger charge is -2.12. The molecule has 0 saturated carbocycles. The van der Waals surface area contributed by atoms with E-state index in [9.17, 15) is 0 Å². The molecule has 9 aromatic carbocycles. The Balaban J connectivity index is 0.956. The van der Waals surface area contributed by atoms with Gasteiger partial charge in [0.15, 0.2) is 0 Å². The topological polar surface area (TPSA) is 40.6 Å². The van der Waals surface area contributed by atoms with Gasteiger partial charge in [-0.25, -0.2) is 9.97 Å². The van der Waals surface area contributed by atoms with Gasteiger partial charge >= 0.3 is 0 Å². The van der Waals surface area contributed by atoms with Crippen molar-refractivity contribution < 1.29 is 0 Å². The summed E-state index contributed by atoms with van der Waals surface area (Å²) < 4.78 is 7.08. The van der Waals surface area contributed by atoms with Crippen LogP contribution in [0.4, 0.5) is 0 Å². The minimum atomic E-state index is 0.645.